The summed E-state index contributed by atoms with van der Waals surface area (Å²) in [5.41, 5.74) is 1.40. The van der Waals surface area contributed by atoms with Gasteiger partial charge in [-0.15, -0.1) is 0 Å². The van der Waals surface area contributed by atoms with Crippen LogP contribution < -0.4 is 5.32 Å². The third-order valence-corrected chi connectivity index (χ3v) is 3.70. The smallest absolute Gasteiger partial charge is 0.223 e. The number of nitrogens with one attached hydrogen (secondary N) is 1. The Morgan fingerprint density at radius 2 is 1.79 bits per heavy atom. The Morgan fingerprint density at radius 1 is 1.12 bits per heavy atom. The maximum atomic E-state index is 13.2. The van der Waals surface area contributed by atoms with Crippen LogP contribution in [-0.4, -0.2) is 36.6 Å². The van der Waals surface area contributed by atoms with Crippen molar-refractivity contribution in [3.8, 4) is 0 Å². The first kappa shape index (κ1) is 18.1. The second kappa shape index (κ2) is 8.57. The highest BCUT2D eigenvalue weighted by atomic mass is 19.1. The SMILES string of the molecule is CN(C)CC(NC(=O)CC(O)c1cccc(F)c1)c1ccccc1. The zero-order chi connectivity index (χ0) is 17.5. The van der Waals surface area contributed by atoms with Crippen LogP contribution in [0.3, 0.4) is 0 Å². The molecule has 0 aromatic heterocycles. The van der Waals surface area contributed by atoms with Crippen LogP contribution in [0.15, 0.2) is 54.6 Å². The summed E-state index contributed by atoms with van der Waals surface area (Å²) < 4.78 is 13.2. The van der Waals surface area contributed by atoms with E-state index in [4.69, 9.17) is 0 Å². The van der Waals surface area contributed by atoms with E-state index in [9.17, 15) is 14.3 Å². The Balaban J connectivity index is 2.02. The Bertz CT molecular complexity index is 661. The number of amides is 1. The molecule has 0 aliphatic rings. The van der Waals surface area contributed by atoms with Gasteiger partial charge in [-0.2, -0.15) is 0 Å². The number of hydrogen-bond acceptors (Lipinski definition) is 3. The van der Waals surface area contributed by atoms with E-state index in [1.807, 2.05) is 49.3 Å². The summed E-state index contributed by atoms with van der Waals surface area (Å²) in [5.74, 6) is -0.704. The van der Waals surface area contributed by atoms with Crippen LogP contribution in [0.25, 0.3) is 0 Å². The van der Waals surface area contributed by atoms with Gasteiger partial charge in [0.2, 0.25) is 5.91 Å². The predicted octanol–water partition coefficient (Wildman–Crippen LogP) is 2.67. The van der Waals surface area contributed by atoms with Crippen molar-refractivity contribution in [3.05, 3.63) is 71.5 Å². The number of carbonyl (C=O) groups is 1. The molecular weight excluding hydrogens is 307 g/mol. The van der Waals surface area contributed by atoms with E-state index in [-0.39, 0.29) is 18.4 Å². The minimum atomic E-state index is -1.03. The van der Waals surface area contributed by atoms with E-state index in [1.54, 1.807) is 6.07 Å². The highest BCUT2D eigenvalue weighted by Crippen LogP contribution is 2.19. The lowest BCUT2D eigenvalue weighted by Gasteiger charge is -2.23. The van der Waals surface area contributed by atoms with Gasteiger partial charge < -0.3 is 15.3 Å². The molecule has 0 bridgehead atoms. The summed E-state index contributed by atoms with van der Waals surface area (Å²) in [7, 11) is 3.87. The molecule has 5 heteroatoms. The van der Waals surface area contributed by atoms with E-state index in [0.717, 1.165) is 5.56 Å². The Labute approximate surface area is 141 Å². The summed E-state index contributed by atoms with van der Waals surface area (Å²) in [4.78, 5) is 14.3. The fourth-order valence-electron chi connectivity index (χ4n) is 2.55. The van der Waals surface area contributed by atoms with Crippen molar-refractivity contribution in [1.82, 2.24) is 10.2 Å². The van der Waals surface area contributed by atoms with Crippen molar-refractivity contribution in [3.63, 3.8) is 0 Å². The minimum absolute atomic E-state index is 0.111. The molecule has 0 aliphatic carbocycles. The van der Waals surface area contributed by atoms with Crippen LogP contribution in [0.2, 0.25) is 0 Å². The number of carbonyl (C=O) groups excluding carboxylic acids is 1. The lowest BCUT2D eigenvalue weighted by Crippen LogP contribution is -2.35. The molecule has 2 N–H and O–H groups in total. The molecule has 0 aliphatic heterocycles. The number of rotatable bonds is 7. The van der Waals surface area contributed by atoms with Gasteiger partial charge in [-0.25, -0.2) is 4.39 Å². The van der Waals surface area contributed by atoms with Crippen LogP contribution in [0, 0.1) is 5.82 Å². The largest absolute Gasteiger partial charge is 0.388 e. The Kier molecular flexibility index (Phi) is 6.46. The molecule has 1 amide bonds. The maximum absolute atomic E-state index is 13.2. The molecule has 24 heavy (non-hydrogen) atoms. The van der Waals surface area contributed by atoms with Gasteiger partial charge in [0, 0.05) is 6.54 Å². The van der Waals surface area contributed by atoms with Crippen molar-refractivity contribution < 1.29 is 14.3 Å². The van der Waals surface area contributed by atoms with Crippen LogP contribution in [0.1, 0.15) is 29.7 Å². The quantitative estimate of drug-likeness (QED) is 0.821. The van der Waals surface area contributed by atoms with Gasteiger partial charge in [0.15, 0.2) is 0 Å². The van der Waals surface area contributed by atoms with E-state index in [1.165, 1.54) is 18.2 Å². The first-order valence-corrected chi connectivity index (χ1v) is 7.88. The molecular formula is C19H23FN2O2. The van der Waals surface area contributed by atoms with Gasteiger partial charge >= 0.3 is 0 Å². The van der Waals surface area contributed by atoms with Crippen molar-refractivity contribution >= 4 is 5.91 Å². The Hall–Kier alpha value is -2.24. The summed E-state index contributed by atoms with van der Waals surface area (Å²) in [6, 6.07) is 15.2. The molecule has 2 aromatic carbocycles. The standard InChI is InChI=1S/C19H23FN2O2/c1-22(2)13-17(14-7-4-3-5-8-14)21-19(24)12-18(23)15-9-6-10-16(20)11-15/h3-11,17-18,23H,12-13H2,1-2H3,(H,21,24). The zero-order valence-electron chi connectivity index (χ0n) is 13.9. The van der Waals surface area contributed by atoms with Gasteiger partial charge in [0.25, 0.3) is 0 Å². The van der Waals surface area contributed by atoms with Gasteiger partial charge in [-0.3, -0.25) is 4.79 Å². The number of hydrogen-bond donors (Lipinski definition) is 2. The summed E-state index contributed by atoms with van der Waals surface area (Å²) >= 11 is 0. The van der Waals surface area contributed by atoms with E-state index >= 15 is 0 Å². The van der Waals surface area contributed by atoms with Gasteiger partial charge in [-0.1, -0.05) is 42.5 Å². The van der Waals surface area contributed by atoms with Crippen molar-refractivity contribution in [1.29, 1.82) is 0 Å². The maximum Gasteiger partial charge on any atom is 0.223 e. The van der Waals surface area contributed by atoms with Crippen molar-refractivity contribution in [2.45, 2.75) is 18.6 Å². The van der Waals surface area contributed by atoms with E-state index in [0.29, 0.717) is 12.1 Å². The second-order valence-corrected chi connectivity index (χ2v) is 6.07. The van der Waals surface area contributed by atoms with Crippen LogP contribution >= 0.6 is 0 Å². The average Bonchev–Trinajstić information content (AvgIpc) is 2.54. The number of halogens is 1. The monoisotopic (exact) mass is 330 g/mol. The lowest BCUT2D eigenvalue weighted by atomic mass is 10.0. The predicted molar refractivity (Wildman–Crippen MR) is 91.9 cm³/mol. The molecule has 2 rings (SSSR count). The van der Waals surface area contributed by atoms with Gasteiger partial charge in [-0.05, 0) is 37.4 Å². The van der Waals surface area contributed by atoms with Crippen LogP contribution in [0.4, 0.5) is 4.39 Å². The third kappa shape index (κ3) is 5.44. The molecule has 2 aromatic rings. The summed E-state index contributed by atoms with van der Waals surface area (Å²) in [6.07, 6.45) is -1.14. The molecule has 2 unspecified atom stereocenters. The fraction of sp³-hybridized carbons (Fsp3) is 0.316. The summed E-state index contributed by atoms with van der Waals surface area (Å²) in [5, 5.41) is 13.1. The molecule has 128 valence electrons. The average molecular weight is 330 g/mol. The van der Waals surface area contributed by atoms with E-state index < -0.39 is 11.9 Å². The van der Waals surface area contributed by atoms with Crippen molar-refractivity contribution in [2.24, 2.45) is 0 Å². The molecule has 2 atom stereocenters. The fourth-order valence-corrected chi connectivity index (χ4v) is 2.55. The molecule has 0 heterocycles. The number of aliphatic hydroxyl groups is 1. The molecule has 0 fully saturated rings. The molecule has 0 radical (unpaired) electrons. The number of likely N-dealkylation sites (N-methyl/N-ethyl adjacent to an activating group) is 1. The minimum Gasteiger partial charge on any atom is -0.388 e. The van der Waals surface area contributed by atoms with Crippen LogP contribution in [0.5, 0.6) is 0 Å². The van der Waals surface area contributed by atoms with Crippen LogP contribution in [-0.2, 0) is 4.79 Å². The van der Waals surface area contributed by atoms with Gasteiger partial charge in [0.1, 0.15) is 5.82 Å². The molecule has 0 saturated carbocycles. The molecule has 0 saturated heterocycles. The number of nitrogens with zero attached hydrogens (tertiary/aromatic N) is 1. The third-order valence-electron chi connectivity index (χ3n) is 3.70. The molecule has 4 nitrogen and oxygen atoms in total. The lowest BCUT2D eigenvalue weighted by molar-refractivity contribution is -0.124. The highest BCUT2D eigenvalue weighted by molar-refractivity contribution is 5.77. The zero-order valence-corrected chi connectivity index (χ0v) is 13.9. The summed E-state index contributed by atoms with van der Waals surface area (Å²) in [6.45, 7) is 0.645. The topological polar surface area (TPSA) is 52.6 Å². The first-order valence-electron chi connectivity index (χ1n) is 7.88. The Morgan fingerprint density at radius 3 is 2.42 bits per heavy atom. The van der Waals surface area contributed by atoms with E-state index in [2.05, 4.69) is 5.32 Å². The highest BCUT2D eigenvalue weighted by Gasteiger charge is 2.19. The number of aliphatic hydroxyl groups excluding tert-OH is 1. The number of benzene rings is 2. The second-order valence-electron chi connectivity index (χ2n) is 6.07. The normalized spacial score (nSPS) is 13.5. The first-order chi connectivity index (χ1) is 11.5. The molecule has 0 spiro atoms. The van der Waals surface area contributed by atoms with Crippen molar-refractivity contribution in [2.75, 3.05) is 20.6 Å². The van der Waals surface area contributed by atoms with Gasteiger partial charge in [0.05, 0.1) is 18.6 Å².